The Morgan fingerprint density at radius 1 is 0.967 bits per heavy atom. The van der Waals surface area contributed by atoms with Crippen LogP contribution < -0.4 is 5.32 Å². The summed E-state index contributed by atoms with van der Waals surface area (Å²) in [6, 6.07) is 12.1. The van der Waals surface area contributed by atoms with E-state index in [1.807, 2.05) is 0 Å². The van der Waals surface area contributed by atoms with Crippen molar-refractivity contribution in [2.24, 2.45) is 7.05 Å². The topological polar surface area (TPSA) is 46.9 Å². The zero-order valence-electron chi connectivity index (χ0n) is 15.4. The first-order valence-corrected chi connectivity index (χ1v) is 9.50. The second kappa shape index (κ2) is 7.75. The summed E-state index contributed by atoms with van der Waals surface area (Å²) >= 11 is 1.15. The van der Waals surface area contributed by atoms with Gasteiger partial charge in [-0.2, -0.15) is 5.10 Å². The van der Waals surface area contributed by atoms with E-state index in [4.69, 9.17) is 0 Å². The van der Waals surface area contributed by atoms with Gasteiger partial charge in [-0.1, -0.05) is 12.1 Å². The molecule has 152 valence electrons. The van der Waals surface area contributed by atoms with Crippen LogP contribution in [0, 0.1) is 23.3 Å². The minimum Gasteiger partial charge on any atom is -0.313 e. The molecule has 9 heteroatoms. The van der Waals surface area contributed by atoms with Gasteiger partial charge in [0.2, 0.25) is 0 Å². The van der Waals surface area contributed by atoms with Gasteiger partial charge in [0, 0.05) is 24.7 Å². The monoisotopic (exact) mass is 431 g/mol. The van der Waals surface area contributed by atoms with E-state index in [9.17, 15) is 22.4 Å². The minimum absolute atomic E-state index is 0.326. The van der Waals surface area contributed by atoms with Crippen LogP contribution in [0.25, 0.3) is 21.8 Å². The van der Waals surface area contributed by atoms with Crippen molar-refractivity contribution in [1.29, 1.82) is 0 Å². The number of thiophene rings is 1. The van der Waals surface area contributed by atoms with E-state index >= 15 is 0 Å². The van der Waals surface area contributed by atoms with Crippen LogP contribution in [0.4, 0.5) is 22.6 Å². The maximum atomic E-state index is 14.0. The lowest BCUT2D eigenvalue weighted by atomic mass is 10.1. The van der Waals surface area contributed by atoms with Gasteiger partial charge < -0.3 is 5.32 Å². The van der Waals surface area contributed by atoms with Crippen molar-refractivity contribution in [1.82, 2.24) is 9.78 Å². The first kappa shape index (κ1) is 19.8. The van der Waals surface area contributed by atoms with Gasteiger partial charge in [-0.15, -0.1) is 11.3 Å². The van der Waals surface area contributed by atoms with Gasteiger partial charge in [-0.25, -0.2) is 17.6 Å². The molecule has 4 aromatic rings. The molecule has 2 heterocycles. The van der Waals surface area contributed by atoms with E-state index < -0.39 is 34.7 Å². The molecular formula is C21H13F4N3OS. The molecule has 2 aromatic heterocycles. The van der Waals surface area contributed by atoms with Crippen LogP contribution in [0.15, 0.2) is 54.6 Å². The van der Waals surface area contributed by atoms with Crippen LogP contribution in [-0.2, 0) is 7.05 Å². The molecule has 1 N–H and O–H groups in total. The standard InChI is InChI=1S/C21H13F4N3OS/c1-28-17(10-16(27-28)12-4-2-3-5-13(12)23)18-6-7-19(30-18)26-21(29)20-14(24)8-11(22)9-15(20)25/h2-10H,1H3,(H,26,29). The Hall–Kier alpha value is -3.46. The SMILES string of the molecule is Cn1nc(-c2ccccc2F)cc1-c1ccc(NC(=O)c2c(F)cc(F)cc2F)s1. The van der Waals surface area contributed by atoms with Crippen molar-refractivity contribution >= 4 is 22.2 Å². The quantitative estimate of drug-likeness (QED) is 0.426. The first-order chi connectivity index (χ1) is 14.3. The molecule has 0 saturated carbocycles. The molecule has 0 atom stereocenters. The molecule has 0 aliphatic rings. The smallest absolute Gasteiger partial charge is 0.262 e. The third-order valence-electron chi connectivity index (χ3n) is 4.36. The van der Waals surface area contributed by atoms with Crippen LogP contribution >= 0.6 is 11.3 Å². The predicted octanol–water partition coefficient (Wildman–Crippen LogP) is 5.62. The maximum Gasteiger partial charge on any atom is 0.262 e. The molecular weight excluding hydrogens is 418 g/mol. The van der Waals surface area contributed by atoms with Crippen molar-refractivity contribution in [3.8, 4) is 21.8 Å². The number of hydrogen-bond donors (Lipinski definition) is 1. The number of carbonyl (C=O) groups is 1. The fraction of sp³-hybridized carbons (Fsp3) is 0.0476. The number of carbonyl (C=O) groups excluding carboxylic acids is 1. The molecule has 0 radical (unpaired) electrons. The van der Waals surface area contributed by atoms with Gasteiger partial charge in [0.1, 0.15) is 28.8 Å². The molecule has 0 saturated heterocycles. The van der Waals surface area contributed by atoms with Crippen LogP contribution in [0.5, 0.6) is 0 Å². The number of aryl methyl sites for hydroxylation is 1. The maximum absolute atomic E-state index is 14.0. The second-order valence-corrected chi connectivity index (χ2v) is 7.46. The number of halogens is 4. The van der Waals surface area contributed by atoms with Crippen LogP contribution in [-0.4, -0.2) is 15.7 Å². The van der Waals surface area contributed by atoms with E-state index in [0.29, 0.717) is 39.0 Å². The lowest BCUT2D eigenvalue weighted by molar-refractivity contribution is 0.101. The molecule has 0 aliphatic carbocycles. The summed E-state index contributed by atoms with van der Waals surface area (Å²) in [5.41, 5.74) is 0.596. The highest BCUT2D eigenvalue weighted by atomic mass is 32.1. The highest BCUT2D eigenvalue weighted by Gasteiger charge is 2.20. The fourth-order valence-corrected chi connectivity index (χ4v) is 3.92. The van der Waals surface area contributed by atoms with E-state index in [-0.39, 0.29) is 0 Å². The van der Waals surface area contributed by atoms with Gasteiger partial charge in [0.25, 0.3) is 5.91 Å². The zero-order chi connectivity index (χ0) is 21.4. The Morgan fingerprint density at radius 3 is 2.37 bits per heavy atom. The summed E-state index contributed by atoms with van der Waals surface area (Å²) in [6.07, 6.45) is 0. The lowest BCUT2D eigenvalue weighted by Gasteiger charge is -2.05. The van der Waals surface area contributed by atoms with Gasteiger partial charge in [0.15, 0.2) is 0 Å². The summed E-state index contributed by atoms with van der Waals surface area (Å²) in [6.45, 7) is 0. The van der Waals surface area contributed by atoms with Crippen LogP contribution in [0.3, 0.4) is 0 Å². The Morgan fingerprint density at radius 2 is 1.67 bits per heavy atom. The number of nitrogens with one attached hydrogen (secondary N) is 1. The molecule has 30 heavy (non-hydrogen) atoms. The molecule has 0 fully saturated rings. The number of aromatic nitrogens is 2. The normalized spacial score (nSPS) is 11.0. The third-order valence-corrected chi connectivity index (χ3v) is 5.38. The fourth-order valence-electron chi connectivity index (χ4n) is 2.97. The summed E-state index contributed by atoms with van der Waals surface area (Å²) in [5, 5.41) is 7.06. The number of benzene rings is 2. The summed E-state index contributed by atoms with van der Waals surface area (Å²) in [4.78, 5) is 12.9. The average molecular weight is 431 g/mol. The molecule has 0 bridgehead atoms. The van der Waals surface area contributed by atoms with E-state index in [1.165, 1.54) is 6.07 Å². The highest BCUT2D eigenvalue weighted by Crippen LogP contribution is 2.34. The van der Waals surface area contributed by atoms with Crippen molar-refractivity contribution in [3.05, 3.63) is 83.4 Å². The number of rotatable bonds is 4. The number of nitrogens with zero attached hydrogens (tertiary/aromatic N) is 2. The van der Waals surface area contributed by atoms with E-state index in [0.717, 1.165) is 11.3 Å². The van der Waals surface area contributed by atoms with Crippen LogP contribution in [0.2, 0.25) is 0 Å². The predicted molar refractivity (Wildman–Crippen MR) is 106 cm³/mol. The molecule has 0 spiro atoms. The first-order valence-electron chi connectivity index (χ1n) is 8.68. The minimum atomic E-state index is -1.29. The number of hydrogen-bond acceptors (Lipinski definition) is 3. The molecule has 0 aliphatic heterocycles. The molecule has 1 amide bonds. The van der Waals surface area contributed by atoms with Crippen molar-refractivity contribution < 1.29 is 22.4 Å². The summed E-state index contributed by atoms with van der Waals surface area (Å²) in [5.74, 6) is -5.12. The lowest BCUT2D eigenvalue weighted by Crippen LogP contribution is -2.15. The van der Waals surface area contributed by atoms with Gasteiger partial charge in [0.05, 0.1) is 21.3 Å². The Balaban J connectivity index is 1.60. The molecule has 2 aromatic carbocycles. The van der Waals surface area contributed by atoms with Gasteiger partial charge in [-0.05, 0) is 30.3 Å². The van der Waals surface area contributed by atoms with Gasteiger partial charge >= 0.3 is 0 Å². The van der Waals surface area contributed by atoms with E-state index in [1.54, 1.807) is 48.1 Å². The molecule has 4 nitrogen and oxygen atoms in total. The highest BCUT2D eigenvalue weighted by molar-refractivity contribution is 7.19. The summed E-state index contributed by atoms with van der Waals surface area (Å²) in [7, 11) is 1.70. The van der Waals surface area contributed by atoms with Crippen LogP contribution in [0.1, 0.15) is 10.4 Å². The Bertz CT molecular complexity index is 1240. The second-order valence-electron chi connectivity index (χ2n) is 6.38. The zero-order valence-corrected chi connectivity index (χ0v) is 16.2. The van der Waals surface area contributed by atoms with Crippen molar-refractivity contribution in [2.45, 2.75) is 0 Å². The van der Waals surface area contributed by atoms with Crippen molar-refractivity contribution in [2.75, 3.05) is 5.32 Å². The average Bonchev–Trinajstić information content (AvgIpc) is 3.27. The largest absolute Gasteiger partial charge is 0.313 e. The summed E-state index contributed by atoms with van der Waals surface area (Å²) < 4.78 is 56.3. The van der Waals surface area contributed by atoms with Gasteiger partial charge in [-0.3, -0.25) is 9.48 Å². The Kier molecular flexibility index (Phi) is 5.13. The van der Waals surface area contributed by atoms with E-state index in [2.05, 4.69) is 10.4 Å². The van der Waals surface area contributed by atoms with Crippen molar-refractivity contribution in [3.63, 3.8) is 0 Å². The molecule has 0 unspecified atom stereocenters. The third kappa shape index (κ3) is 3.71. The number of anilines is 1. The Labute approximate surface area is 172 Å². The molecule has 4 rings (SSSR count). The number of amides is 1.